The predicted octanol–water partition coefficient (Wildman–Crippen LogP) is 4.08. The summed E-state index contributed by atoms with van der Waals surface area (Å²) < 4.78 is 18.0. The summed E-state index contributed by atoms with van der Waals surface area (Å²) in [5.41, 5.74) is 0.501. The Hall–Kier alpha value is -3.93. The van der Waals surface area contributed by atoms with Gasteiger partial charge >= 0.3 is 5.97 Å². The molecule has 11 nitrogen and oxygen atoms in total. The average Bonchev–Trinajstić information content (AvgIpc) is 3.44. The number of hydrogen-bond acceptors (Lipinski definition) is 10. The number of carbonyl (C=O) groups is 1. The molecular formula is C28H27Cl2N5O6. The number of halogens is 2. The summed E-state index contributed by atoms with van der Waals surface area (Å²) in [5, 5.41) is 10.0. The standard InChI is InChI=1S/C28H27Cl2N5O6/c1-2-39-28(38)19-15-35(24-13-33-25(14-32-24)40-10-9-36)22-12-23(21(30)11-18(22)26(19)37)34-8-4-5-17(34)16-41-27-20(29)6-3-7-31-27/h3,6-7,11-15,17,36H,2,4-5,8-10,16H2,1H3/t17-/m1/s1. The van der Waals surface area contributed by atoms with Crippen molar-refractivity contribution < 1.29 is 24.1 Å². The molecule has 0 saturated carbocycles. The van der Waals surface area contributed by atoms with Crippen molar-refractivity contribution in [1.29, 1.82) is 0 Å². The van der Waals surface area contributed by atoms with Gasteiger partial charge in [-0.15, -0.1) is 0 Å². The first kappa shape index (κ1) is 28.6. The van der Waals surface area contributed by atoms with Gasteiger partial charge in [0.05, 0.1) is 47.9 Å². The van der Waals surface area contributed by atoms with Gasteiger partial charge in [-0.1, -0.05) is 23.2 Å². The molecule has 1 saturated heterocycles. The number of pyridine rings is 2. The molecule has 0 unspecified atom stereocenters. The van der Waals surface area contributed by atoms with Gasteiger partial charge in [-0.3, -0.25) is 9.36 Å². The molecule has 0 radical (unpaired) electrons. The number of anilines is 1. The number of rotatable bonds is 10. The summed E-state index contributed by atoms with van der Waals surface area (Å²) >= 11 is 13.0. The number of carbonyl (C=O) groups excluding carboxylic acids is 1. The lowest BCUT2D eigenvalue weighted by molar-refractivity contribution is 0.0524. The minimum absolute atomic E-state index is 0.0234. The molecular weight excluding hydrogens is 573 g/mol. The van der Waals surface area contributed by atoms with Crippen molar-refractivity contribution in [2.45, 2.75) is 25.8 Å². The second-order valence-corrected chi connectivity index (χ2v) is 9.97. The Labute approximate surface area is 245 Å². The van der Waals surface area contributed by atoms with Crippen molar-refractivity contribution in [1.82, 2.24) is 19.5 Å². The molecule has 5 rings (SSSR count). The molecule has 4 heterocycles. The van der Waals surface area contributed by atoms with Gasteiger partial charge in [0.25, 0.3) is 0 Å². The van der Waals surface area contributed by atoms with Gasteiger partial charge in [0.2, 0.25) is 17.2 Å². The van der Waals surface area contributed by atoms with E-state index in [9.17, 15) is 9.59 Å². The molecule has 0 amide bonds. The molecule has 214 valence electrons. The van der Waals surface area contributed by atoms with Crippen molar-refractivity contribution in [3.05, 3.63) is 74.9 Å². The molecule has 0 bridgehead atoms. The van der Waals surface area contributed by atoms with Crippen molar-refractivity contribution in [3.8, 4) is 17.6 Å². The lowest BCUT2D eigenvalue weighted by Gasteiger charge is -2.28. The first-order valence-corrected chi connectivity index (χ1v) is 13.8. The number of benzene rings is 1. The van der Waals surface area contributed by atoms with E-state index in [1.807, 2.05) is 0 Å². The third-order valence-corrected chi connectivity index (χ3v) is 7.18. The lowest BCUT2D eigenvalue weighted by Crippen LogP contribution is -2.34. The quantitative estimate of drug-likeness (QED) is 0.266. The second kappa shape index (κ2) is 12.7. The number of hydrogen-bond donors (Lipinski definition) is 1. The fourth-order valence-electron chi connectivity index (χ4n) is 4.74. The van der Waals surface area contributed by atoms with Crippen molar-refractivity contribution in [3.63, 3.8) is 0 Å². The predicted molar refractivity (Wildman–Crippen MR) is 154 cm³/mol. The minimum Gasteiger partial charge on any atom is -0.474 e. The zero-order valence-corrected chi connectivity index (χ0v) is 23.6. The van der Waals surface area contributed by atoms with E-state index in [2.05, 4.69) is 19.9 Å². The lowest BCUT2D eigenvalue weighted by atomic mass is 10.1. The van der Waals surface area contributed by atoms with Crippen LogP contribution in [0.1, 0.15) is 30.1 Å². The Balaban J connectivity index is 1.57. The SMILES string of the molecule is CCOC(=O)c1cn(-c2cnc(OCCO)cn2)c2cc(N3CCC[C@@H]3COc3ncccc3Cl)c(Cl)cc2c1=O. The number of ether oxygens (including phenoxy) is 3. The summed E-state index contributed by atoms with van der Waals surface area (Å²) in [6.45, 7) is 2.72. The van der Waals surface area contributed by atoms with E-state index >= 15 is 0 Å². The van der Waals surface area contributed by atoms with Crippen LogP contribution in [-0.4, -0.2) is 69.6 Å². The molecule has 0 spiro atoms. The van der Waals surface area contributed by atoms with E-state index in [1.165, 1.54) is 18.6 Å². The van der Waals surface area contributed by atoms with Crippen LogP contribution in [0.5, 0.6) is 11.8 Å². The number of esters is 1. The third kappa shape index (κ3) is 6.07. The molecule has 41 heavy (non-hydrogen) atoms. The molecule has 1 aromatic carbocycles. The fraction of sp³-hybridized carbons (Fsp3) is 0.321. The Morgan fingerprint density at radius 3 is 2.73 bits per heavy atom. The highest BCUT2D eigenvalue weighted by Gasteiger charge is 2.29. The number of fused-ring (bicyclic) bond motifs is 1. The van der Waals surface area contributed by atoms with Crippen LogP contribution in [0.15, 0.2) is 53.8 Å². The molecule has 1 aliphatic heterocycles. The highest BCUT2D eigenvalue weighted by atomic mass is 35.5. The topological polar surface area (TPSA) is 129 Å². The van der Waals surface area contributed by atoms with E-state index < -0.39 is 11.4 Å². The highest BCUT2D eigenvalue weighted by molar-refractivity contribution is 6.34. The van der Waals surface area contributed by atoms with Gasteiger partial charge in [-0.25, -0.2) is 19.7 Å². The normalized spacial score (nSPS) is 14.8. The van der Waals surface area contributed by atoms with Crippen LogP contribution in [0.2, 0.25) is 10.0 Å². The van der Waals surface area contributed by atoms with Crippen LogP contribution in [0.25, 0.3) is 16.7 Å². The zero-order valence-electron chi connectivity index (χ0n) is 22.1. The molecule has 4 aromatic rings. The van der Waals surface area contributed by atoms with Gasteiger partial charge < -0.3 is 24.2 Å². The monoisotopic (exact) mass is 599 g/mol. The summed E-state index contributed by atoms with van der Waals surface area (Å²) in [5.74, 6) is 0.150. The zero-order chi connectivity index (χ0) is 28.9. The van der Waals surface area contributed by atoms with Crippen LogP contribution in [0.4, 0.5) is 5.69 Å². The van der Waals surface area contributed by atoms with E-state index in [-0.39, 0.29) is 42.7 Å². The van der Waals surface area contributed by atoms with Crippen LogP contribution in [0.3, 0.4) is 0 Å². The van der Waals surface area contributed by atoms with E-state index in [1.54, 1.807) is 42.0 Å². The number of aliphatic hydroxyl groups excluding tert-OH is 1. The van der Waals surface area contributed by atoms with Crippen LogP contribution < -0.4 is 19.8 Å². The number of nitrogens with zero attached hydrogens (tertiary/aromatic N) is 5. The molecule has 1 aliphatic rings. The first-order chi connectivity index (χ1) is 19.9. The summed E-state index contributed by atoms with van der Waals surface area (Å²) in [6.07, 6.45) is 7.62. The maximum absolute atomic E-state index is 13.4. The van der Waals surface area contributed by atoms with Gasteiger partial charge in [-0.05, 0) is 44.0 Å². The van der Waals surface area contributed by atoms with Crippen molar-refractivity contribution in [2.75, 3.05) is 37.9 Å². The minimum atomic E-state index is -0.755. The Morgan fingerprint density at radius 2 is 2.00 bits per heavy atom. The number of aromatic nitrogens is 4. The average molecular weight is 600 g/mol. The van der Waals surface area contributed by atoms with Crippen LogP contribution in [-0.2, 0) is 4.74 Å². The van der Waals surface area contributed by atoms with Crippen LogP contribution in [0, 0.1) is 0 Å². The molecule has 13 heteroatoms. The Bertz CT molecular complexity index is 1610. The van der Waals surface area contributed by atoms with Crippen LogP contribution >= 0.6 is 23.2 Å². The third-order valence-electron chi connectivity index (χ3n) is 6.59. The largest absolute Gasteiger partial charge is 0.474 e. The van der Waals surface area contributed by atoms with Gasteiger partial charge in [0.15, 0.2) is 5.82 Å². The molecule has 0 aliphatic carbocycles. The molecule has 1 fully saturated rings. The van der Waals surface area contributed by atoms with E-state index in [0.717, 1.165) is 19.4 Å². The summed E-state index contributed by atoms with van der Waals surface area (Å²) in [4.78, 5) is 41.1. The summed E-state index contributed by atoms with van der Waals surface area (Å²) in [6, 6.07) is 6.79. The van der Waals surface area contributed by atoms with Gasteiger partial charge in [-0.2, -0.15) is 0 Å². The smallest absolute Gasteiger partial charge is 0.343 e. The first-order valence-electron chi connectivity index (χ1n) is 13.0. The van der Waals surface area contributed by atoms with Crippen molar-refractivity contribution in [2.24, 2.45) is 0 Å². The fourth-order valence-corrected chi connectivity index (χ4v) is 5.18. The van der Waals surface area contributed by atoms with E-state index in [0.29, 0.717) is 39.6 Å². The van der Waals surface area contributed by atoms with Gasteiger partial charge in [0, 0.05) is 24.3 Å². The maximum atomic E-state index is 13.4. The summed E-state index contributed by atoms with van der Waals surface area (Å²) in [7, 11) is 0. The molecule has 1 N–H and O–H groups in total. The Morgan fingerprint density at radius 1 is 1.15 bits per heavy atom. The number of aliphatic hydroxyl groups is 1. The maximum Gasteiger partial charge on any atom is 0.343 e. The molecule has 1 atom stereocenters. The highest BCUT2D eigenvalue weighted by Crippen LogP contribution is 2.36. The van der Waals surface area contributed by atoms with Gasteiger partial charge in [0.1, 0.15) is 23.8 Å². The van der Waals surface area contributed by atoms with E-state index in [4.69, 9.17) is 42.5 Å². The second-order valence-electron chi connectivity index (χ2n) is 9.16. The Kier molecular flexibility index (Phi) is 8.87. The van der Waals surface area contributed by atoms with Crippen molar-refractivity contribution >= 4 is 45.8 Å². The molecule has 3 aromatic heterocycles.